The molecular weight excluding hydrogens is 174 g/mol. The molecule has 14 heavy (non-hydrogen) atoms. The van der Waals surface area contributed by atoms with Gasteiger partial charge in [0.05, 0.1) is 5.60 Å². The van der Waals surface area contributed by atoms with Crippen LogP contribution in [0.15, 0.2) is 0 Å². The van der Waals surface area contributed by atoms with Crippen LogP contribution in [0.4, 0.5) is 0 Å². The molecule has 1 saturated heterocycles. The van der Waals surface area contributed by atoms with Crippen molar-refractivity contribution < 1.29 is 5.11 Å². The zero-order valence-corrected chi connectivity index (χ0v) is 9.68. The predicted molar refractivity (Wildman–Crippen MR) is 60.4 cm³/mol. The highest BCUT2D eigenvalue weighted by molar-refractivity contribution is 4.89. The van der Waals surface area contributed by atoms with E-state index in [4.69, 9.17) is 0 Å². The van der Waals surface area contributed by atoms with Crippen LogP contribution in [-0.4, -0.2) is 23.8 Å². The van der Waals surface area contributed by atoms with Gasteiger partial charge >= 0.3 is 0 Å². The molecule has 0 spiro atoms. The molecule has 1 aliphatic rings. The highest BCUT2D eigenvalue weighted by Crippen LogP contribution is 2.28. The zero-order chi connectivity index (χ0) is 10.4. The van der Waals surface area contributed by atoms with Crippen LogP contribution >= 0.6 is 0 Å². The molecule has 1 heterocycles. The van der Waals surface area contributed by atoms with E-state index in [1.807, 2.05) is 0 Å². The summed E-state index contributed by atoms with van der Waals surface area (Å²) in [6, 6.07) is 0. The highest BCUT2D eigenvalue weighted by atomic mass is 16.3. The Labute approximate surface area is 88.1 Å². The topological polar surface area (TPSA) is 32.3 Å². The largest absolute Gasteiger partial charge is 0.389 e. The number of unbranched alkanes of at least 4 members (excludes halogenated alkanes) is 1. The summed E-state index contributed by atoms with van der Waals surface area (Å²) >= 11 is 0. The lowest BCUT2D eigenvalue weighted by atomic mass is 9.85. The van der Waals surface area contributed by atoms with Crippen LogP contribution in [0.25, 0.3) is 0 Å². The molecule has 84 valence electrons. The minimum atomic E-state index is -0.394. The molecule has 2 heteroatoms. The van der Waals surface area contributed by atoms with Crippen molar-refractivity contribution >= 4 is 0 Å². The summed E-state index contributed by atoms with van der Waals surface area (Å²) in [7, 11) is 0. The van der Waals surface area contributed by atoms with E-state index < -0.39 is 5.60 Å². The molecule has 1 rings (SSSR count). The molecule has 0 saturated carbocycles. The predicted octanol–water partition coefficient (Wildman–Crippen LogP) is 2.32. The third-order valence-corrected chi connectivity index (χ3v) is 3.43. The van der Waals surface area contributed by atoms with E-state index in [9.17, 15) is 5.11 Å². The van der Waals surface area contributed by atoms with Gasteiger partial charge in [0.2, 0.25) is 0 Å². The molecule has 2 atom stereocenters. The first-order valence-electron chi connectivity index (χ1n) is 6.13. The van der Waals surface area contributed by atoms with Gasteiger partial charge in [-0.05, 0) is 25.3 Å². The van der Waals surface area contributed by atoms with Crippen LogP contribution < -0.4 is 5.32 Å². The highest BCUT2D eigenvalue weighted by Gasteiger charge is 2.32. The van der Waals surface area contributed by atoms with Crippen molar-refractivity contribution in [1.82, 2.24) is 5.32 Å². The molecule has 2 nitrogen and oxygen atoms in total. The third kappa shape index (κ3) is 3.58. The van der Waals surface area contributed by atoms with Gasteiger partial charge in [-0.2, -0.15) is 0 Å². The normalized spacial score (nSPS) is 29.4. The first-order valence-corrected chi connectivity index (χ1v) is 6.13. The average Bonchev–Trinajstić information content (AvgIpc) is 2.60. The van der Waals surface area contributed by atoms with Crippen molar-refractivity contribution in [3.05, 3.63) is 0 Å². The monoisotopic (exact) mass is 199 g/mol. The lowest BCUT2D eigenvalue weighted by Crippen LogP contribution is -2.33. The van der Waals surface area contributed by atoms with E-state index in [2.05, 4.69) is 19.2 Å². The summed E-state index contributed by atoms with van der Waals surface area (Å²) in [4.78, 5) is 0. The van der Waals surface area contributed by atoms with Gasteiger partial charge in [0, 0.05) is 6.54 Å². The molecule has 1 fully saturated rings. The number of hydrogen-bond acceptors (Lipinski definition) is 2. The Balaban J connectivity index is 2.30. The van der Waals surface area contributed by atoms with Gasteiger partial charge in [-0.1, -0.05) is 39.5 Å². The fourth-order valence-electron chi connectivity index (χ4n) is 2.39. The molecule has 0 aromatic heterocycles. The van der Waals surface area contributed by atoms with E-state index in [1.165, 1.54) is 25.7 Å². The van der Waals surface area contributed by atoms with Gasteiger partial charge < -0.3 is 10.4 Å². The van der Waals surface area contributed by atoms with Gasteiger partial charge in [-0.15, -0.1) is 0 Å². The second-order valence-electron chi connectivity index (χ2n) is 4.77. The summed E-state index contributed by atoms with van der Waals surface area (Å²) in [6.07, 6.45) is 7.01. The minimum absolute atomic E-state index is 0.394. The average molecular weight is 199 g/mol. The SMILES string of the molecule is CCCCC(CC)CC1(O)CCNC1. The number of β-amino-alcohol motifs (C(OH)–C–C–N with tert-alkyl or cyclic N) is 1. The molecule has 0 aromatic carbocycles. The molecule has 2 unspecified atom stereocenters. The summed E-state index contributed by atoms with van der Waals surface area (Å²) in [5, 5.41) is 13.5. The Hall–Kier alpha value is -0.0800. The van der Waals surface area contributed by atoms with Crippen LogP contribution in [0.3, 0.4) is 0 Å². The Bertz CT molecular complexity index is 152. The summed E-state index contributed by atoms with van der Waals surface area (Å²) < 4.78 is 0. The summed E-state index contributed by atoms with van der Waals surface area (Å²) in [5.74, 6) is 0.722. The van der Waals surface area contributed by atoms with Crippen molar-refractivity contribution in [2.24, 2.45) is 5.92 Å². The molecule has 0 aliphatic carbocycles. The number of nitrogens with one attached hydrogen (secondary N) is 1. The first kappa shape index (κ1) is 12.0. The maximum atomic E-state index is 10.2. The molecule has 0 bridgehead atoms. The van der Waals surface area contributed by atoms with Crippen molar-refractivity contribution in [1.29, 1.82) is 0 Å². The van der Waals surface area contributed by atoms with Crippen molar-refractivity contribution in [3.8, 4) is 0 Å². The lowest BCUT2D eigenvalue weighted by molar-refractivity contribution is 0.0326. The number of aliphatic hydroxyl groups is 1. The van der Waals surface area contributed by atoms with Crippen molar-refractivity contribution in [2.45, 2.75) is 58.0 Å². The van der Waals surface area contributed by atoms with E-state index in [1.54, 1.807) is 0 Å². The van der Waals surface area contributed by atoms with Crippen LogP contribution in [-0.2, 0) is 0 Å². The number of rotatable bonds is 6. The Morgan fingerprint density at radius 1 is 1.43 bits per heavy atom. The van der Waals surface area contributed by atoms with Crippen LogP contribution in [0.2, 0.25) is 0 Å². The molecule has 0 amide bonds. The van der Waals surface area contributed by atoms with E-state index in [0.717, 1.165) is 31.8 Å². The summed E-state index contributed by atoms with van der Waals surface area (Å²) in [5.41, 5.74) is -0.394. The third-order valence-electron chi connectivity index (χ3n) is 3.43. The second-order valence-corrected chi connectivity index (χ2v) is 4.77. The van der Waals surface area contributed by atoms with Crippen molar-refractivity contribution in [3.63, 3.8) is 0 Å². The summed E-state index contributed by atoms with van der Waals surface area (Å²) in [6.45, 7) is 6.26. The molecule has 1 aliphatic heterocycles. The first-order chi connectivity index (χ1) is 6.70. The molecular formula is C12H25NO. The van der Waals surface area contributed by atoms with Gasteiger partial charge in [0.15, 0.2) is 0 Å². The Morgan fingerprint density at radius 3 is 2.71 bits per heavy atom. The van der Waals surface area contributed by atoms with Crippen LogP contribution in [0, 0.1) is 5.92 Å². The van der Waals surface area contributed by atoms with Crippen LogP contribution in [0.5, 0.6) is 0 Å². The Kier molecular flexibility index (Phi) is 4.90. The minimum Gasteiger partial charge on any atom is -0.389 e. The van der Waals surface area contributed by atoms with Gasteiger partial charge in [0.25, 0.3) is 0 Å². The van der Waals surface area contributed by atoms with Gasteiger partial charge in [0.1, 0.15) is 0 Å². The quantitative estimate of drug-likeness (QED) is 0.688. The molecule has 2 N–H and O–H groups in total. The fraction of sp³-hybridized carbons (Fsp3) is 1.00. The van der Waals surface area contributed by atoms with Gasteiger partial charge in [-0.3, -0.25) is 0 Å². The van der Waals surface area contributed by atoms with Gasteiger partial charge in [-0.25, -0.2) is 0 Å². The standard InChI is InChI=1S/C12H25NO/c1-3-5-6-11(4-2)9-12(14)7-8-13-10-12/h11,13-14H,3-10H2,1-2H3. The second kappa shape index (κ2) is 5.72. The van der Waals surface area contributed by atoms with Crippen molar-refractivity contribution in [2.75, 3.05) is 13.1 Å². The maximum Gasteiger partial charge on any atom is 0.0786 e. The van der Waals surface area contributed by atoms with E-state index >= 15 is 0 Å². The zero-order valence-electron chi connectivity index (χ0n) is 9.68. The lowest BCUT2D eigenvalue weighted by Gasteiger charge is -2.26. The molecule has 0 radical (unpaired) electrons. The van der Waals surface area contributed by atoms with E-state index in [-0.39, 0.29) is 0 Å². The smallest absolute Gasteiger partial charge is 0.0786 e. The van der Waals surface area contributed by atoms with E-state index in [0.29, 0.717) is 0 Å². The Morgan fingerprint density at radius 2 is 2.21 bits per heavy atom. The number of hydrogen-bond donors (Lipinski definition) is 2. The maximum absolute atomic E-state index is 10.2. The fourth-order valence-corrected chi connectivity index (χ4v) is 2.39. The van der Waals surface area contributed by atoms with Crippen LogP contribution in [0.1, 0.15) is 52.4 Å². The molecule has 0 aromatic rings.